The number of aryl methyl sites for hydroxylation is 1. The number of nitrogens with zero attached hydrogens (tertiary/aromatic N) is 3. The van der Waals surface area contributed by atoms with E-state index < -0.39 is 0 Å². The highest BCUT2D eigenvalue weighted by atomic mass is 35.5. The van der Waals surface area contributed by atoms with Crippen LogP contribution in [0.1, 0.15) is 38.1 Å². The van der Waals surface area contributed by atoms with E-state index in [9.17, 15) is 4.79 Å². The number of nitrogens with one attached hydrogen (secondary N) is 2. The molecule has 0 bridgehead atoms. The van der Waals surface area contributed by atoms with Gasteiger partial charge in [-0.2, -0.15) is 5.10 Å². The summed E-state index contributed by atoms with van der Waals surface area (Å²) in [6.07, 6.45) is 0. The van der Waals surface area contributed by atoms with Crippen LogP contribution in [0.4, 0.5) is 5.82 Å². The second-order valence-electron chi connectivity index (χ2n) is 8.01. The van der Waals surface area contributed by atoms with E-state index in [1.807, 2.05) is 41.9 Å². The van der Waals surface area contributed by atoms with Crippen LogP contribution in [-0.2, 0) is 10.3 Å². The van der Waals surface area contributed by atoms with Gasteiger partial charge in [-0.25, -0.2) is 4.68 Å². The van der Waals surface area contributed by atoms with Crippen LogP contribution in [0, 0.1) is 6.92 Å². The Balaban J connectivity index is 0.00000210. The minimum absolute atomic E-state index is 0. The minimum Gasteiger partial charge on any atom is -0.314 e. The molecule has 0 spiro atoms. The number of halogens is 3. The average molecular weight is 463 g/mol. The number of hydrogen-bond donors (Lipinski definition) is 2. The SMILES string of the molecule is Cc1cc(NC(=O)CN2CCNCC2c2ccccc2Cl)n(C(C)(C)C)n1.Cl.Cl. The summed E-state index contributed by atoms with van der Waals surface area (Å²) in [4.78, 5) is 15.0. The van der Waals surface area contributed by atoms with Crippen molar-refractivity contribution in [3.8, 4) is 0 Å². The van der Waals surface area contributed by atoms with Crippen molar-refractivity contribution in [2.24, 2.45) is 0 Å². The van der Waals surface area contributed by atoms with Gasteiger partial charge in [-0.3, -0.25) is 9.69 Å². The lowest BCUT2D eigenvalue weighted by atomic mass is 10.0. The number of rotatable bonds is 4. The van der Waals surface area contributed by atoms with Crippen LogP contribution in [0.15, 0.2) is 30.3 Å². The van der Waals surface area contributed by atoms with E-state index in [4.69, 9.17) is 11.6 Å². The maximum absolute atomic E-state index is 12.8. The van der Waals surface area contributed by atoms with E-state index in [2.05, 4.69) is 41.4 Å². The Bertz CT molecular complexity index is 819. The van der Waals surface area contributed by atoms with Gasteiger partial charge in [-0.15, -0.1) is 24.8 Å². The molecule has 0 radical (unpaired) electrons. The number of benzene rings is 1. The van der Waals surface area contributed by atoms with Gasteiger partial charge < -0.3 is 10.6 Å². The molecule has 1 unspecified atom stereocenters. The fraction of sp³-hybridized carbons (Fsp3) is 0.500. The van der Waals surface area contributed by atoms with Crippen molar-refractivity contribution in [2.75, 3.05) is 31.5 Å². The van der Waals surface area contributed by atoms with Crippen LogP contribution in [0.25, 0.3) is 0 Å². The van der Waals surface area contributed by atoms with Crippen molar-refractivity contribution < 1.29 is 4.79 Å². The first-order valence-electron chi connectivity index (χ1n) is 9.32. The number of piperazine rings is 1. The summed E-state index contributed by atoms with van der Waals surface area (Å²) in [6.45, 7) is 10.9. The summed E-state index contributed by atoms with van der Waals surface area (Å²) in [7, 11) is 0. The number of hydrogen-bond acceptors (Lipinski definition) is 4. The van der Waals surface area contributed by atoms with Crippen LogP contribution in [0.5, 0.6) is 0 Å². The summed E-state index contributed by atoms with van der Waals surface area (Å²) in [6, 6.07) is 9.82. The summed E-state index contributed by atoms with van der Waals surface area (Å²) in [5.41, 5.74) is 1.73. The zero-order chi connectivity index (χ0) is 19.6. The van der Waals surface area contributed by atoms with Gasteiger partial charge in [0, 0.05) is 36.8 Å². The molecule has 1 amide bonds. The number of carbonyl (C=O) groups is 1. The van der Waals surface area contributed by atoms with Crippen LogP contribution in [0.2, 0.25) is 5.02 Å². The number of carbonyl (C=O) groups excluding carboxylic acids is 1. The van der Waals surface area contributed by atoms with Crippen LogP contribution in [-0.4, -0.2) is 46.8 Å². The lowest BCUT2D eigenvalue weighted by molar-refractivity contribution is -0.118. The van der Waals surface area contributed by atoms with Gasteiger partial charge in [0.25, 0.3) is 0 Å². The van der Waals surface area contributed by atoms with Crippen LogP contribution >= 0.6 is 36.4 Å². The van der Waals surface area contributed by atoms with Crippen molar-refractivity contribution in [1.29, 1.82) is 0 Å². The minimum atomic E-state index is -0.202. The third-order valence-electron chi connectivity index (χ3n) is 4.70. The molecular formula is C20H30Cl3N5O. The molecular weight excluding hydrogens is 433 g/mol. The van der Waals surface area contributed by atoms with E-state index in [1.165, 1.54) is 0 Å². The quantitative estimate of drug-likeness (QED) is 0.720. The predicted octanol–water partition coefficient (Wildman–Crippen LogP) is 4.03. The van der Waals surface area contributed by atoms with Gasteiger partial charge in [0.2, 0.25) is 5.91 Å². The molecule has 0 aliphatic carbocycles. The molecule has 9 heteroatoms. The summed E-state index contributed by atoms with van der Waals surface area (Å²) < 4.78 is 1.86. The van der Waals surface area contributed by atoms with Gasteiger partial charge in [-0.05, 0) is 39.3 Å². The number of amides is 1. The normalized spacial score (nSPS) is 17.2. The maximum atomic E-state index is 12.8. The molecule has 6 nitrogen and oxygen atoms in total. The maximum Gasteiger partial charge on any atom is 0.239 e. The molecule has 1 aliphatic heterocycles. The predicted molar refractivity (Wildman–Crippen MR) is 124 cm³/mol. The fourth-order valence-electron chi connectivity index (χ4n) is 3.45. The van der Waals surface area contributed by atoms with E-state index in [0.29, 0.717) is 6.54 Å². The Hall–Kier alpha value is -1.31. The van der Waals surface area contributed by atoms with Gasteiger partial charge in [0.15, 0.2) is 0 Å². The van der Waals surface area contributed by atoms with Crippen molar-refractivity contribution >= 4 is 48.1 Å². The Morgan fingerprint density at radius 2 is 2.00 bits per heavy atom. The molecule has 1 saturated heterocycles. The van der Waals surface area contributed by atoms with Gasteiger partial charge in [0.1, 0.15) is 5.82 Å². The molecule has 29 heavy (non-hydrogen) atoms. The molecule has 1 fully saturated rings. The smallest absolute Gasteiger partial charge is 0.239 e. The fourth-order valence-corrected chi connectivity index (χ4v) is 3.72. The van der Waals surface area contributed by atoms with Crippen LogP contribution in [0.3, 0.4) is 0 Å². The van der Waals surface area contributed by atoms with Crippen molar-refractivity contribution in [3.05, 3.63) is 46.6 Å². The highest BCUT2D eigenvalue weighted by Crippen LogP contribution is 2.28. The zero-order valence-corrected chi connectivity index (χ0v) is 19.6. The third-order valence-corrected chi connectivity index (χ3v) is 5.04. The standard InChI is InChI=1S/C20H28ClN5O.2ClH/c1-14-11-18(26(24-14)20(2,3)4)23-19(27)13-25-10-9-22-12-17(25)15-7-5-6-8-16(15)21;;/h5-8,11,17,22H,9-10,12-13H2,1-4H3,(H,23,27);2*1H. The van der Waals surface area contributed by atoms with E-state index in [0.717, 1.165) is 41.7 Å². The third kappa shape index (κ3) is 6.33. The first-order valence-corrected chi connectivity index (χ1v) is 9.69. The summed E-state index contributed by atoms with van der Waals surface area (Å²) in [5, 5.41) is 11.7. The molecule has 2 N–H and O–H groups in total. The topological polar surface area (TPSA) is 62.2 Å². The zero-order valence-electron chi connectivity index (χ0n) is 17.2. The molecule has 0 saturated carbocycles. The first-order chi connectivity index (χ1) is 12.8. The molecule has 2 aromatic rings. The Morgan fingerprint density at radius 1 is 1.31 bits per heavy atom. The lowest BCUT2D eigenvalue weighted by Crippen LogP contribution is -2.48. The molecule has 2 heterocycles. The molecule has 162 valence electrons. The Kier molecular flexibility index (Phi) is 9.44. The van der Waals surface area contributed by atoms with E-state index >= 15 is 0 Å². The lowest BCUT2D eigenvalue weighted by Gasteiger charge is -2.36. The van der Waals surface area contributed by atoms with Crippen LogP contribution < -0.4 is 10.6 Å². The molecule has 3 rings (SSSR count). The summed E-state index contributed by atoms with van der Waals surface area (Å²) >= 11 is 6.40. The highest BCUT2D eigenvalue weighted by molar-refractivity contribution is 6.31. The molecule has 1 aromatic heterocycles. The molecule has 1 aliphatic rings. The first kappa shape index (κ1) is 25.7. The van der Waals surface area contributed by atoms with Crippen molar-refractivity contribution in [1.82, 2.24) is 20.0 Å². The van der Waals surface area contributed by atoms with Gasteiger partial charge >= 0.3 is 0 Å². The highest BCUT2D eigenvalue weighted by Gasteiger charge is 2.27. The second-order valence-corrected chi connectivity index (χ2v) is 8.42. The van der Waals surface area contributed by atoms with Gasteiger partial charge in [-0.1, -0.05) is 29.8 Å². The largest absolute Gasteiger partial charge is 0.314 e. The monoisotopic (exact) mass is 461 g/mol. The Morgan fingerprint density at radius 3 is 2.66 bits per heavy atom. The van der Waals surface area contributed by atoms with E-state index in [-0.39, 0.29) is 42.3 Å². The molecule has 1 atom stereocenters. The summed E-state index contributed by atoms with van der Waals surface area (Å²) in [5.74, 6) is 0.689. The van der Waals surface area contributed by atoms with E-state index in [1.54, 1.807) is 0 Å². The Labute approximate surface area is 190 Å². The van der Waals surface area contributed by atoms with Crippen molar-refractivity contribution in [3.63, 3.8) is 0 Å². The average Bonchev–Trinajstić information content (AvgIpc) is 2.96. The number of aromatic nitrogens is 2. The molecule has 1 aromatic carbocycles. The van der Waals surface area contributed by atoms with Crippen molar-refractivity contribution in [2.45, 2.75) is 39.3 Å². The number of anilines is 1. The second kappa shape index (κ2) is 10.6. The van der Waals surface area contributed by atoms with Gasteiger partial charge in [0.05, 0.1) is 17.8 Å².